The van der Waals surface area contributed by atoms with Crippen LogP contribution in [0.2, 0.25) is 19.6 Å². The van der Waals surface area contributed by atoms with Crippen molar-refractivity contribution in [2.24, 2.45) is 5.92 Å². The van der Waals surface area contributed by atoms with Gasteiger partial charge in [0.15, 0.2) is 14.1 Å². The first-order valence-electron chi connectivity index (χ1n) is 17.5. The van der Waals surface area contributed by atoms with Crippen LogP contribution in [-0.4, -0.2) is 58.8 Å². The van der Waals surface area contributed by atoms with E-state index in [1.165, 1.54) is 59.5 Å². The summed E-state index contributed by atoms with van der Waals surface area (Å²) in [5.74, 6) is -2.37. The van der Waals surface area contributed by atoms with Gasteiger partial charge in [0.25, 0.3) is 11.4 Å². The molecule has 2 aliphatic heterocycles. The lowest BCUT2D eigenvalue weighted by molar-refractivity contribution is -0.385. The number of carbonyl (C=O) groups is 4. The lowest BCUT2D eigenvalue weighted by Gasteiger charge is -2.47. The molecule has 0 spiro atoms. The highest BCUT2D eigenvalue weighted by atomic mass is 28.4. The van der Waals surface area contributed by atoms with Crippen LogP contribution >= 0.6 is 0 Å². The van der Waals surface area contributed by atoms with E-state index in [2.05, 4.69) is 0 Å². The molecule has 0 unspecified atom stereocenters. The lowest BCUT2D eigenvalue weighted by Crippen LogP contribution is -2.63. The molecule has 14 nitrogen and oxygen atoms in total. The van der Waals surface area contributed by atoms with Gasteiger partial charge in [-0.2, -0.15) is 0 Å². The van der Waals surface area contributed by atoms with Gasteiger partial charge in [-0.3, -0.25) is 29.8 Å². The molecular formula is C40H35N3O11Si. The maximum absolute atomic E-state index is 13.9. The van der Waals surface area contributed by atoms with Gasteiger partial charge in [0.05, 0.1) is 33.5 Å². The van der Waals surface area contributed by atoms with Crippen molar-refractivity contribution in [1.82, 2.24) is 4.90 Å². The number of β-lactam (4-membered cyclic amide) rings is 1. The molecule has 4 aromatic rings. The average Bonchev–Trinajstić information content (AvgIpc) is 3.63. The van der Waals surface area contributed by atoms with Crippen LogP contribution in [0.4, 0.5) is 11.4 Å². The summed E-state index contributed by atoms with van der Waals surface area (Å²) in [4.78, 5) is 76.7. The number of carbonyl (C=O) groups excluding carboxylic acids is 4. The van der Waals surface area contributed by atoms with Gasteiger partial charge in [0, 0.05) is 35.4 Å². The fourth-order valence-corrected chi connectivity index (χ4v) is 8.66. The van der Waals surface area contributed by atoms with Crippen LogP contribution < -0.4 is 0 Å². The number of nitro benzene ring substituents is 2. The summed E-state index contributed by atoms with van der Waals surface area (Å²) in [6.07, 6.45) is -0.0629. The Morgan fingerprint density at radius 2 is 1.29 bits per heavy atom. The van der Waals surface area contributed by atoms with Crippen molar-refractivity contribution in [2.45, 2.75) is 58.3 Å². The van der Waals surface area contributed by atoms with E-state index in [1.54, 1.807) is 30.3 Å². The molecule has 15 heteroatoms. The summed E-state index contributed by atoms with van der Waals surface area (Å²) >= 11 is 0. The van der Waals surface area contributed by atoms with Gasteiger partial charge in [-0.25, -0.2) is 9.59 Å². The van der Waals surface area contributed by atoms with E-state index in [-0.39, 0.29) is 59.7 Å². The molecule has 0 bridgehead atoms. The molecule has 55 heavy (non-hydrogen) atoms. The van der Waals surface area contributed by atoms with Gasteiger partial charge in [-0.15, -0.1) is 0 Å². The van der Waals surface area contributed by atoms with E-state index in [0.717, 1.165) is 0 Å². The Morgan fingerprint density at radius 1 is 0.764 bits per heavy atom. The fraction of sp³-hybridized carbons (Fsp3) is 0.250. The zero-order valence-electron chi connectivity index (χ0n) is 30.3. The minimum atomic E-state index is -2.02. The van der Waals surface area contributed by atoms with Crippen molar-refractivity contribution >= 4 is 48.9 Å². The molecule has 0 radical (unpaired) electrons. The van der Waals surface area contributed by atoms with Crippen LogP contribution in [0.1, 0.15) is 56.3 Å². The number of ketones is 1. The number of esters is 2. The van der Waals surface area contributed by atoms with Crippen LogP contribution in [0.5, 0.6) is 0 Å². The van der Waals surface area contributed by atoms with E-state index in [9.17, 15) is 39.4 Å². The van der Waals surface area contributed by atoms with E-state index in [1.807, 2.05) is 26.6 Å². The SMILES string of the molecule is C[C@@H](O[Si](C)(C)C)[C@H]1C(=O)N2C(C(=O)OCc3ccc([N+](=O)[O-])cc3)=C(c3ccc4c(c3)-c3cc(C(=O)OCc5ccc([N+](=O)[O-])cc5)ccc3C4=O)C[C@H]12. The van der Waals surface area contributed by atoms with Crippen LogP contribution in [0.3, 0.4) is 0 Å². The number of ether oxygens (including phenoxy) is 2. The smallest absolute Gasteiger partial charge is 0.355 e. The first-order valence-corrected chi connectivity index (χ1v) is 20.9. The monoisotopic (exact) mass is 761 g/mol. The maximum atomic E-state index is 13.9. The molecule has 3 atom stereocenters. The largest absolute Gasteiger partial charge is 0.457 e. The number of hydrogen-bond donors (Lipinski definition) is 0. The number of nitrogens with zero attached hydrogens (tertiary/aromatic N) is 3. The van der Waals surface area contributed by atoms with E-state index >= 15 is 0 Å². The third kappa shape index (κ3) is 7.06. The highest BCUT2D eigenvalue weighted by Crippen LogP contribution is 2.49. The topological polar surface area (TPSA) is 185 Å². The number of hydrogen-bond acceptors (Lipinski definition) is 11. The minimum Gasteiger partial charge on any atom is -0.457 e. The van der Waals surface area contributed by atoms with Gasteiger partial charge in [0.1, 0.15) is 18.9 Å². The molecule has 2 heterocycles. The van der Waals surface area contributed by atoms with Crippen molar-refractivity contribution in [1.29, 1.82) is 0 Å². The Kier molecular flexibility index (Phi) is 9.52. The molecule has 1 fully saturated rings. The van der Waals surface area contributed by atoms with Gasteiger partial charge < -0.3 is 18.8 Å². The second-order valence-corrected chi connectivity index (χ2v) is 19.1. The summed E-state index contributed by atoms with van der Waals surface area (Å²) in [6.45, 7) is 7.68. The predicted molar refractivity (Wildman–Crippen MR) is 200 cm³/mol. The fourth-order valence-electron chi connectivity index (χ4n) is 7.40. The second kappa shape index (κ2) is 14.2. The summed E-state index contributed by atoms with van der Waals surface area (Å²) in [7, 11) is -2.02. The number of non-ortho nitro benzene ring substituents is 2. The number of nitro groups is 2. The molecule has 7 rings (SSSR count). The Morgan fingerprint density at radius 3 is 1.84 bits per heavy atom. The first kappa shape index (κ1) is 37.0. The zero-order chi connectivity index (χ0) is 39.3. The number of amides is 1. The van der Waals surface area contributed by atoms with Crippen molar-refractivity contribution in [2.75, 3.05) is 0 Å². The number of benzene rings is 4. The summed E-state index contributed by atoms with van der Waals surface area (Å²) in [6, 6.07) is 20.7. The lowest BCUT2D eigenvalue weighted by atomic mass is 9.82. The van der Waals surface area contributed by atoms with E-state index < -0.39 is 36.0 Å². The highest BCUT2D eigenvalue weighted by Gasteiger charge is 2.58. The molecular weight excluding hydrogens is 727 g/mol. The standard InChI is InChI=1S/C40H35N3O11Si/c1-22(54-55(2,3)4)35-34-19-31(36(41(34)38(35)45)40(47)53-21-24-7-13-28(14-8-24)43(50)51)25-9-15-29-32(17-25)33-18-26(10-16-30(33)37(29)44)39(46)52-20-23-5-11-27(12-6-23)42(48)49/h5-18,22,34-35H,19-21H2,1-4H3/t22-,34-,35-/m1/s1. The van der Waals surface area contributed by atoms with E-state index in [4.69, 9.17) is 13.9 Å². The Bertz CT molecular complexity index is 2330. The predicted octanol–water partition coefficient (Wildman–Crippen LogP) is 7.00. The molecule has 4 aromatic carbocycles. The molecule has 0 N–H and O–H groups in total. The molecule has 0 saturated carbocycles. The molecule has 1 amide bonds. The number of fused-ring (bicyclic) bond motifs is 4. The minimum absolute atomic E-state index is 0.0847. The molecule has 0 aromatic heterocycles. The normalized spacial score (nSPS) is 17.6. The Hall–Kier alpha value is -6.32. The van der Waals surface area contributed by atoms with Gasteiger partial charge in [-0.1, -0.05) is 6.07 Å². The molecule has 1 aliphatic carbocycles. The Labute approximate surface area is 315 Å². The van der Waals surface area contributed by atoms with Crippen molar-refractivity contribution in [3.63, 3.8) is 0 Å². The highest BCUT2D eigenvalue weighted by molar-refractivity contribution is 6.69. The van der Waals surface area contributed by atoms with Crippen molar-refractivity contribution in [3.05, 3.63) is 144 Å². The third-order valence-electron chi connectivity index (χ3n) is 9.88. The summed E-state index contributed by atoms with van der Waals surface area (Å²) < 4.78 is 17.5. The van der Waals surface area contributed by atoms with Crippen LogP contribution in [-0.2, 0) is 36.7 Å². The van der Waals surface area contributed by atoms with Crippen LogP contribution in [0, 0.1) is 26.1 Å². The average molecular weight is 762 g/mol. The summed E-state index contributed by atoms with van der Waals surface area (Å²) in [5, 5.41) is 22.1. The number of rotatable bonds is 12. The first-order chi connectivity index (χ1) is 26.1. The van der Waals surface area contributed by atoms with Crippen LogP contribution in [0.25, 0.3) is 16.7 Å². The van der Waals surface area contributed by atoms with Gasteiger partial charge >= 0.3 is 11.9 Å². The van der Waals surface area contributed by atoms with Gasteiger partial charge in [-0.05, 0) is 121 Å². The molecule has 280 valence electrons. The molecule has 3 aliphatic rings. The quantitative estimate of drug-likeness (QED) is 0.0419. The Balaban J connectivity index is 1.18. The maximum Gasteiger partial charge on any atom is 0.355 e. The van der Waals surface area contributed by atoms with Crippen molar-refractivity contribution in [3.8, 4) is 11.1 Å². The second-order valence-electron chi connectivity index (χ2n) is 14.6. The zero-order valence-corrected chi connectivity index (χ0v) is 31.3. The van der Waals surface area contributed by atoms with Crippen LogP contribution in [0.15, 0.2) is 90.6 Å². The molecule has 1 saturated heterocycles. The van der Waals surface area contributed by atoms with Gasteiger partial charge in [0.2, 0.25) is 5.91 Å². The third-order valence-corrected chi connectivity index (χ3v) is 11.0. The van der Waals surface area contributed by atoms with Crippen molar-refractivity contribution < 1.29 is 42.9 Å². The summed E-state index contributed by atoms with van der Waals surface area (Å²) in [5.41, 5.74) is 4.15. The van der Waals surface area contributed by atoms with E-state index in [0.29, 0.717) is 50.9 Å².